The molecule has 0 aromatic rings. The zero-order valence-corrected chi connectivity index (χ0v) is 36.1. The van der Waals surface area contributed by atoms with Crippen molar-refractivity contribution in [1.82, 2.24) is 9.80 Å². The summed E-state index contributed by atoms with van der Waals surface area (Å²) in [4.78, 5) is 4.96. The lowest BCUT2D eigenvalue weighted by atomic mass is 10.1. The van der Waals surface area contributed by atoms with Gasteiger partial charge in [0.1, 0.15) is 0 Å². The third kappa shape index (κ3) is 38.8. The smallest absolute Gasteiger partial charge is 0.0789 e. The first kappa shape index (κ1) is 51.8. The number of allylic oxidation sites excluding steroid dienone is 8. The number of rotatable bonds is 41. The third-order valence-electron chi connectivity index (χ3n) is 10.5. The first-order chi connectivity index (χ1) is 26.0. The van der Waals surface area contributed by atoms with Gasteiger partial charge in [-0.2, -0.15) is 0 Å². The monoisotopic (exact) mass is 744 g/mol. The van der Waals surface area contributed by atoms with Crippen molar-refractivity contribution in [3.8, 4) is 0 Å². The number of nitrogens with zero attached hydrogens (tertiary/aromatic N) is 2. The Hall–Kier alpha value is -1.24. The van der Waals surface area contributed by atoms with Crippen LogP contribution in [-0.4, -0.2) is 78.0 Å². The van der Waals surface area contributed by atoms with E-state index in [9.17, 15) is 10.2 Å². The highest BCUT2D eigenvalue weighted by Gasteiger charge is 2.12. The highest BCUT2D eigenvalue weighted by atomic mass is 16.3. The topological polar surface area (TPSA) is 73.0 Å². The van der Waals surface area contributed by atoms with E-state index in [2.05, 4.69) is 86.1 Å². The Labute approximate surface area is 332 Å². The second kappa shape index (κ2) is 41.9. The standard InChI is InChI=1S/C48H93N3O2/c1-5-8-9-10-11-12-13-14-15-16-17-20-23-27-30-34-40-51(45-48(53)43-49)42-36-31-35-41-50(44-47(52)7-3)39-33-29-26-24-21-18-19-22-25-28-32-38-46(4)37-6-2/h11-12,14-15,22,25,32,38,46-48,52-53H,5-10,13,16-21,23-24,26-31,33-37,39-45,49H2,1-4H3/b12-11-,15-14+,25-22-,38-32-. The van der Waals surface area contributed by atoms with Gasteiger partial charge >= 0.3 is 0 Å². The second-order valence-electron chi connectivity index (χ2n) is 16.0. The maximum atomic E-state index is 10.4. The van der Waals surface area contributed by atoms with Crippen LogP contribution < -0.4 is 5.73 Å². The van der Waals surface area contributed by atoms with Crippen LogP contribution in [0.4, 0.5) is 0 Å². The Morgan fingerprint density at radius 1 is 0.472 bits per heavy atom. The van der Waals surface area contributed by atoms with Gasteiger partial charge in [-0.3, -0.25) is 0 Å². The molecule has 0 radical (unpaired) electrons. The van der Waals surface area contributed by atoms with Crippen molar-refractivity contribution in [3.05, 3.63) is 48.6 Å². The number of aliphatic hydroxyl groups is 2. The molecular formula is C48H93N3O2. The van der Waals surface area contributed by atoms with Crippen LogP contribution in [0.3, 0.4) is 0 Å². The van der Waals surface area contributed by atoms with Gasteiger partial charge < -0.3 is 25.7 Å². The van der Waals surface area contributed by atoms with E-state index in [1.165, 1.54) is 141 Å². The molecule has 0 aliphatic rings. The summed E-state index contributed by atoms with van der Waals surface area (Å²) in [5, 5.41) is 20.7. The molecule has 3 unspecified atom stereocenters. The molecule has 0 aromatic heterocycles. The normalized spacial score (nSPS) is 14.4. The molecule has 0 fully saturated rings. The SMILES string of the molecule is CCCCC/C=C\C/C=C/CCCCCCCCN(CCCCCN(CCCCCCCC/C=C\C/C=C\C(C)CCC)CC(O)CC)CC(O)CN. The molecular weight excluding hydrogens is 651 g/mol. The average molecular weight is 744 g/mol. The first-order valence-electron chi connectivity index (χ1n) is 23.1. The minimum Gasteiger partial charge on any atom is -0.392 e. The molecule has 4 N–H and O–H groups in total. The van der Waals surface area contributed by atoms with Crippen molar-refractivity contribution in [2.75, 3.05) is 45.8 Å². The molecule has 5 heteroatoms. The fraction of sp³-hybridized carbons (Fsp3) is 0.833. The van der Waals surface area contributed by atoms with Crippen LogP contribution in [0.1, 0.15) is 195 Å². The minimum atomic E-state index is -0.431. The highest BCUT2D eigenvalue weighted by Crippen LogP contribution is 2.13. The maximum Gasteiger partial charge on any atom is 0.0789 e. The fourth-order valence-corrected chi connectivity index (χ4v) is 7.02. The predicted octanol–water partition coefficient (Wildman–Crippen LogP) is 12.3. The average Bonchev–Trinajstić information content (AvgIpc) is 3.15. The van der Waals surface area contributed by atoms with E-state index in [4.69, 9.17) is 5.73 Å². The van der Waals surface area contributed by atoms with Gasteiger partial charge in [0.05, 0.1) is 12.2 Å². The van der Waals surface area contributed by atoms with Crippen molar-refractivity contribution in [2.24, 2.45) is 11.7 Å². The Morgan fingerprint density at radius 3 is 1.30 bits per heavy atom. The van der Waals surface area contributed by atoms with E-state index in [0.717, 1.165) is 58.4 Å². The van der Waals surface area contributed by atoms with Crippen LogP contribution in [0.2, 0.25) is 0 Å². The van der Waals surface area contributed by atoms with Crippen molar-refractivity contribution in [2.45, 2.75) is 207 Å². The summed E-state index contributed by atoms with van der Waals surface area (Å²) in [6.07, 6.45) is 50.4. The summed E-state index contributed by atoms with van der Waals surface area (Å²) in [5.74, 6) is 0.711. The quantitative estimate of drug-likeness (QED) is 0.0429. The van der Waals surface area contributed by atoms with Gasteiger partial charge in [-0.1, -0.05) is 153 Å². The summed E-state index contributed by atoms with van der Waals surface area (Å²) in [6.45, 7) is 15.0. The van der Waals surface area contributed by atoms with Crippen LogP contribution in [-0.2, 0) is 0 Å². The largest absolute Gasteiger partial charge is 0.392 e. The molecule has 0 spiro atoms. The number of unbranched alkanes of at least 4 members (excludes halogenated alkanes) is 17. The van der Waals surface area contributed by atoms with E-state index < -0.39 is 6.10 Å². The molecule has 0 aliphatic carbocycles. The molecule has 0 heterocycles. The molecule has 0 amide bonds. The Kier molecular flexibility index (Phi) is 40.9. The molecule has 0 aliphatic heterocycles. The molecule has 0 bridgehead atoms. The molecule has 0 saturated carbocycles. The second-order valence-corrected chi connectivity index (χ2v) is 16.0. The molecule has 0 aromatic carbocycles. The molecule has 5 nitrogen and oxygen atoms in total. The van der Waals surface area contributed by atoms with E-state index in [-0.39, 0.29) is 6.10 Å². The lowest BCUT2D eigenvalue weighted by Gasteiger charge is -2.26. The molecule has 53 heavy (non-hydrogen) atoms. The van der Waals surface area contributed by atoms with Crippen LogP contribution in [0, 0.1) is 5.92 Å². The predicted molar refractivity (Wildman–Crippen MR) is 237 cm³/mol. The van der Waals surface area contributed by atoms with Crippen molar-refractivity contribution in [1.29, 1.82) is 0 Å². The van der Waals surface area contributed by atoms with Gasteiger partial charge in [-0.05, 0) is 122 Å². The minimum absolute atomic E-state index is 0.222. The van der Waals surface area contributed by atoms with Crippen molar-refractivity contribution in [3.63, 3.8) is 0 Å². The number of nitrogens with two attached hydrogens (primary N) is 1. The van der Waals surface area contributed by atoms with Gasteiger partial charge in [0.15, 0.2) is 0 Å². The van der Waals surface area contributed by atoms with Crippen LogP contribution in [0.15, 0.2) is 48.6 Å². The van der Waals surface area contributed by atoms with Gasteiger partial charge in [0, 0.05) is 19.6 Å². The Bertz CT molecular complexity index is 841. The zero-order chi connectivity index (χ0) is 38.9. The zero-order valence-electron chi connectivity index (χ0n) is 36.1. The number of hydrogen-bond donors (Lipinski definition) is 3. The van der Waals surface area contributed by atoms with Crippen LogP contribution in [0.25, 0.3) is 0 Å². The number of aliphatic hydroxyl groups excluding tert-OH is 2. The van der Waals surface area contributed by atoms with Crippen molar-refractivity contribution >= 4 is 0 Å². The Balaban J connectivity index is 4.12. The molecule has 3 atom stereocenters. The lowest BCUT2D eigenvalue weighted by molar-refractivity contribution is 0.105. The van der Waals surface area contributed by atoms with Gasteiger partial charge in [0.2, 0.25) is 0 Å². The molecule has 0 saturated heterocycles. The summed E-state index contributed by atoms with van der Waals surface area (Å²) in [5.41, 5.74) is 5.77. The summed E-state index contributed by atoms with van der Waals surface area (Å²) < 4.78 is 0. The van der Waals surface area contributed by atoms with Crippen LogP contribution in [0.5, 0.6) is 0 Å². The van der Waals surface area contributed by atoms with Gasteiger partial charge in [-0.15, -0.1) is 0 Å². The molecule has 312 valence electrons. The highest BCUT2D eigenvalue weighted by molar-refractivity contribution is 4.95. The molecule has 0 rings (SSSR count). The van der Waals surface area contributed by atoms with Gasteiger partial charge in [0.25, 0.3) is 0 Å². The van der Waals surface area contributed by atoms with Gasteiger partial charge in [-0.25, -0.2) is 0 Å². The van der Waals surface area contributed by atoms with Crippen LogP contribution >= 0.6 is 0 Å². The van der Waals surface area contributed by atoms with E-state index in [1.54, 1.807) is 0 Å². The van der Waals surface area contributed by atoms with E-state index >= 15 is 0 Å². The Morgan fingerprint density at radius 2 is 0.868 bits per heavy atom. The van der Waals surface area contributed by atoms with E-state index in [0.29, 0.717) is 19.0 Å². The third-order valence-corrected chi connectivity index (χ3v) is 10.5. The van der Waals surface area contributed by atoms with E-state index in [1.807, 2.05) is 0 Å². The number of hydrogen-bond acceptors (Lipinski definition) is 5. The fourth-order valence-electron chi connectivity index (χ4n) is 7.02. The maximum absolute atomic E-state index is 10.4. The van der Waals surface area contributed by atoms with Crippen molar-refractivity contribution < 1.29 is 10.2 Å². The summed E-state index contributed by atoms with van der Waals surface area (Å²) in [6, 6.07) is 0. The summed E-state index contributed by atoms with van der Waals surface area (Å²) in [7, 11) is 0. The first-order valence-corrected chi connectivity index (χ1v) is 23.1. The summed E-state index contributed by atoms with van der Waals surface area (Å²) >= 11 is 0. The lowest BCUT2D eigenvalue weighted by Crippen LogP contribution is -2.37.